The fraction of sp³-hybridized carbons (Fsp3) is 0.917. The highest BCUT2D eigenvalue weighted by Crippen LogP contribution is 2.20. The molecule has 0 saturated carbocycles. The standard InChI is InChI=1S/C12H20BrNO2/c13-10-5-7-14(8-6-10)12(15)4-3-11-2-1-9-16-11/h10-11H,1-9H2. The van der Waals surface area contributed by atoms with E-state index in [1.165, 1.54) is 0 Å². The van der Waals surface area contributed by atoms with Crippen molar-refractivity contribution in [1.29, 1.82) is 0 Å². The van der Waals surface area contributed by atoms with Crippen LogP contribution in [-0.4, -0.2) is 41.4 Å². The van der Waals surface area contributed by atoms with Crippen LogP contribution in [0.4, 0.5) is 0 Å². The molecule has 16 heavy (non-hydrogen) atoms. The predicted molar refractivity (Wildman–Crippen MR) is 66.7 cm³/mol. The Morgan fingerprint density at radius 3 is 2.69 bits per heavy atom. The lowest BCUT2D eigenvalue weighted by Crippen LogP contribution is -2.38. The molecule has 4 heteroatoms. The van der Waals surface area contributed by atoms with E-state index in [0.717, 1.165) is 51.8 Å². The zero-order chi connectivity index (χ0) is 11.4. The van der Waals surface area contributed by atoms with Crippen LogP contribution in [0.5, 0.6) is 0 Å². The highest BCUT2D eigenvalue weighted by atomic mass is 79.9. The van der Waals surface area contributed by atoms with Crippen molar-refractivity contribution in [2.75, 3.05) is 19.7 Å². The van der Waals surface area contributed by atoms with Crippen molar-refractivity contribution in [3.05, 3.63) is 0 Å². The highest BCUT2D eigenvalue weighted by molar-refractivity contribution is 9.09. The Morgan fingerprint density at radius 2 is 2.06 bits per heavy atom. The van der Waals surface area contributed by atoms with E-state index >= 15 is 0 Å². The number of halogens is 1. The molecule has 3 nitrogen and oxygen atoms in total. The summed E-state index contributed by atoms with van der Waals surface area (Å²) in [5.74, 6) is 0.315. The van der Waals surface area contributed by atoms with E-state index in [1.54, 1.807) is 0 Å². The molecule has 2 saturated heterocycles. The molecule has 2 rings (SSSR count). The van der Waals surface area contributed by atoms with Crippen molar-refractivity contribution < 1.29 is 9.53 Å². The van der Waals surface area contributed by atoms with Crippen molar-refractivity contribution >= 4 is 21.8 Å². The minimum Gasteiger partial charge on any atom is -0.378 e. The molecule has 1 atom stereocenters. The summed E-state index contributed by atoms with van der Waals surface area (Å²) in [6.07, 6.45) is 6.39. The first-order valence-electron chi connectivity index (χ1n) is 6.29. The van der Waals surface area contributed by atoms with Gasteiger partial charge in [0.15, 0.2) is 0 Å². The smallest absolute Gasteiger partial charge is 0.222 e. The molecule has 2 heterocycles. The van der Waals surface area contributed by atoms with Crippen LogP contribution in [0.15, 0.2) is 0 Å². The molecule has 0 aromatic heterocycles. The van der Waals surface area contributed by atoms with Gasteiger partial charge in [-0.05, 0) is 32.1 Å². The molecular formula is C12H20BrNO2. The van der Waals surface area contributed by atoms with Gasteiger partial charge in [0.1, 0.15) is 0 Å². The van der Waals surface area contributed by atoms with E-state index in [4.69, 9.17) is 4.74 Å². The number of hydrogen-bond acceptors (Lipinski definition) is 2. The number of hydrogen-bond donors (Lipinski definition) is 0. The number of carbonyl (C=O) groups is 1. The lowest BCUT2D eigenvalue weighted by atomic mass is 10.1. The Hall–Kier alpha value is -0.0900. The number of alkyl halides is 1. The summed E-state index contributed by atoms with van der Waals surface area (Å²) in [7, 11) is 0. The van der Waals surface area contributed by atoms with Crippen LogP contribution in [0.2, 0.25) is 0 Å². The summed E-state index contributed by atoms with van der Waals surface area (Å²) < 4.78 is 5.53. The van der Waals surface area contributed by atoms with Gasteiger partial charge in [-0.3, -0.25) is 4.79 Å². The molecule has 0 radical (unpaired) electrons. The number of rotatable bonds is 3. The average molecular weight is 290 g/mol. The molecule has 0 spiro atoms. The van der Waals surface area contributed by atoms with E-state index in [9.17, 15) is 4.79 Å². The summed E-state index contributed by atoms with van der Waals surface area (Å²) in [6.45, 7) is 2.72. The molecule has 2 aliphatic rings. The minimum absolute atomic E-state index is 0.315. The first-order valence-corrected chi connectivity index (χ1v) is 7.21. The third-order valence-electron chi connectivity index (χ3n) is 3.48. The van der Waals surface area contributed by atoms with Gasteiger partial charge >= 0.3 is 0 Å². The maximum Gasteiger partial charge on any atom is 0.222 e. The topological polar surface area (TPSA) is 29.5 Å². The van der Waals surface area contributed by atoms with Gasteiger partial charge in [0, 0.05) is 30.9 Å². The molecule has 92 valence electrons. The molecular weight excluding hydrogens is 270 g/mol. The Balaban J connectivity index is 1.67. The molecule has 2 aliphatic heterocycles. The van der Waals surface area contributed by atoms with Crippen LogP contribution in [-0.2, 0) is 9.53 Å². The van der Waals surface area contributed by atoms with E-state index in [2.05, 4.69) is 15.9 Å². The maximum atomic E-state index is 11.9. The Bertz CT molecular complexity index is 233. The molecule has 0 N–H and O–H groups in total. The molecule has 1 unspecified atom stereocenters. The molecule has 0 bridgehead atoms. The summed E-state index contributed by atoms with van der Waals surface area (Å²) in [4.78, 5) is 14.5. The van der Waals surface area contributed by atoms with E-state index in [-0.39, 0.29) is 0 Å². The van der Waals surface area contributed by atoms with Gasteiger partial charge in [0.05, 0.1) is 6.10 Å². The lowest BCUT2D eigenvalue weighted by molar-refractivity contribution is -0.132. The van der Waals surface area contributed by atoms with E-state index in [1.807, 2.05) is 4.90 Å². The summed E-state index contributed by atoms with van der Waals surface area (Å²) in [5.41, 5.74) is 0. The van der Waals surface area contributed by atoms with Crippen molar-refractivity contribution in [3.63, 3.8) is 0 Å². The number of likely N-dealkylation sites (tertiary alicyclic amines) is 1. The Kier molecular flexibility index (Phi) is 4.65. The molecule has 2 fully saturated rings. The van der Waals surface area contributed by atoms with Crippen LogP contribution in [0.25, 0.3) is 0 Å². The second-order valence-electron chi connectivity index (χ2n) is 4.73. The molecule has 0 aromatic carbocycles. The van der Waals surface area contributed by atoms with Crippen molar-refractivity contribution in [1.82, 2.24) is 4.90 Å². The second kappa shape index (κ2) is 6.01. The quantitative estimate of drug-likeness (QED) is 0.747. The third kappa shape index (κ3) is 3.45. The largest absolute Gasteiger partial charge is 0.378 e. The van der Waals surface area contributed by atoms with Gasteiger partial charge in [-0.25, -0.2) is 0 Å². The monoisotopic (exact) mass is 289 g/mol. The SMILES string of the molecule is O=C(CCC1CCCO1)N1CCC(Br)CC1. The molecule has 0 aliphatic carbocycles. The maximum absolute atomic E-state index is 11.9. The number of carbonyl (C=O) groups excluding carboxylic acids is 1. The fourth-order valence-corrected chi connectivity index (χ4v) is 2.82. The van der Waals surface area contributed by atoms with Crippen LogP contribution < -0.4 is 0 Å². The Morgan fingerprint density at radius 1 is 1.31 bits per heavy atom. The van der Waals surface area contributed by atoms with Gasteiger partial charge in [-0.15, -0.1) is 0 Å². The number of ether oxygens (including phenoxy) is 1. The number of piperidine rings is 1. The van der Waals surface area contributed by atoms with Crippen LogP contribution >= 0.6 is 15.9 Å². The first kappa shape index (κ1) is 12.4. The van der Waals surface area contributed by atoms with Crippen LogP contribution in [0.1, 0.15) is 38.5 Å². The van der Waals surface area contributed by atoms with Gasteiger partial charge < -0.3 is 9.64 Å². The molecule has 0 aromatic rings. The summed E-state index contributed by atoms with van der Waals surface area (Å²) in [6, 6.07) is 0. The van der Waals surface area contributed by atoms with Gasteiger partial charge in [-0.2, -0.15) is 0 Å². The van der Waals surface area contributed by atoms with Gasteiger partial charge in [0.25, 0.3) is 0 Å². The zero-order valence-corrected chi connectivity index (χ0v) is 11.2. The second-order valence-corrected chi connectivity index (χ2v) is 6.02. The normalized spacial score (nSPS) is 27.3. The number of amides is 1. The van der Waals surface area contributed by atoms with Gasteiger partial charge in [0.2, 0.25) is 5.91 Å². The van der Waals surface area contributed by atoms with Crippen LogP contribution in [0, 0.1) is 0 Å². The molecule has 1 amide bonds. The van der Waals surface area contributed by atoms with Crippen molar-refractivity contribution in [2.45, 2.75) is 49.5 Å². The van der Waals surface area contributed by atoms with Crippen LogP contribution in [0.3, 0.4) is 0 Å². The van der Waals surface area contributed by atoms with Crippen molar-refractivity contribution in [3.8, 4) is 0 Å². The fourth-order valence-electron chi connectivity index (χ4n) is 2.41. The average Bonchev–Trinajstić information content (AvgIpc) is 2.80. The summed E-state index contributed by atoms with van der Waals surface area (Å²) in [5, 5.41) is 0. The third-order valence-corrected chi connectivity index (χ3v) is 4.40. The Labute approximate surface area is 106 Å². The zero-order valence-electron chi connectivity index (χ0n) is 9.66. The highest BCUT2D eigenvalue weighted by Gasteiger charge is 2.22. The lowest BCUT2D eigenvalue weighted by Gasteiger charge is -2.29. The van der Waals surface area contributed by atoms with Crippen molar-refractivity contribution in [2.24, 2.45) is 0 Å². The minimum atomic E-state index is 0.315. The van der Waals surface area contributed by atoms with E-state index in [0.29, 0.717) is 23.3 Å². The number of nitrogens with zero attached hydrogens (tertiary/aromatic N) is 1. The van der Waals surface area contributed by atoms with E-state index < -0.39 is 0 Å². The summed E-state index contributed by atoms with van der Waals surface area (Å²) >= 11 is 3.60. The predicted octanol–water partition coefficient (Wildman–Crippen LogP) is 2.33. The first-order chi connectivity index (χ1) is 7.75. The van der Waals surface area contributed by atoms with Gasteiger partial charge in [-0.1, -0.05) is 15.9 Å².